The highest BCUT2D eigenvalue weighted by molar-refractivity contribution is 7.18. The molecule has 1 aliphatic carbocycles. The number of hydrogen-bond acceptors (Lipinski definition) is 5. The van der Waals surface area contributed by atoms with Gasteiger partial charge in [0, 0.05) is 30.6 Å². The topological polar surface area (TPSA) is 50.2 Å². The van der Waals surface area contributed by atoms with Crippen LogP contribution >= 0.6 is 11.3 Å². The third-order valence-electron chi connectivity index (χ3n) is 5.54. The minimum absolute atomic E-state index is 0.161. The molecule has 1 atom stereocenters. The van der Waals surface area contributed by atoms with E-state index in [0.717, 1.165) is 75.0 Å². The number of aryl methyl sites for hydroxylation is 2. The Bertz CT molecular complexity index is 778. The molecule has 0 aliphatic heterocycles. The fourth-order valence-corrected chi connectivity index (χ4v) is 5.09. The first-order valence-electron chi connectivity index (χ1n) is 10.1. The average Bonchev–Trinajstić information content (AvgIpc) is 3.03. The molecule has 26 heavy (non-hydrogen) atoms. The zero-order valence-electron chi connectivity index (χ0n) is 16.4. The Morgan fingerprint density at radius 2 is 2.15 bits per heavy atom. The minimum atomic E-state index is 0.161. The van der Waals surface area contributed by atoms with E-state index in [0.29, 0.717) is 6.04 Å². The number of nitrogens with one attached hydrogen (secondary N) is 1. The zero-order chi connectivity index (χ0) is 18.5. The summed E-state index contributed by atoms with van der Waals surface area (Å²) in [4.78, 5) is 22.2. The Morgan fingerprint density at radius 1 is 1.35 bits per heavy atom. The summed E-state index contributed by atoms with van der Waals surface area (Å²) in [6, 6.07) is 0.522. The second kappa shape index (κ2) is 9.11. The van der Waals surface area contributed by atoms with Crippen LogP contribution in [-0.4, -0.2) is 46.7 Å². The van der Waals surface area contributed by atoms with Crippen LogP contribution in [0.2, 0.25) is 0 Å². The zero-order valence-corrected chi connectivity index (χ0v) is 17.2. The molecule has 6 heteroatoms. The molecule has 0 aromatic carbocycles. The third kappa shape index (κ3) is 4.18. The summed E-state index contributed by atoms with van der Waals surface area (Å²) in [6.45, 7) is 11.7. The van der Waals surface area contributed by atoms with Crippen LogP contribution in [0.1, 0.15) is 50.5 Å². The maximum atomic E-state index is 12.9. The smallest absolute Gasteiger partial charge is 0.262 e. The summed E-state index contributed by atoms with van der Waals surface area (Å²) in [6.07, 6.45) is 6.99. The minimum Gasteiger partial charge on any atom is -0.312 e. The van der Waals surface area contributed by atoms with Crippen molar-refractivity contribution in [2.24, 2.45) is 0 Å². The first-order valence-corrected chi connectivity index (χ1v) is 10.9. The number of unbranched alkanes of at least 4 members (excludes halogenated alkanes) is 1. The number of likely N-dealkylation sites (N-methyl/N-ethyl adjacent to an activating group) is 1. The molecule has 2 heterocycles. The maximum absolute atomic E-state index is 12.9. The van der Waals surface area contributed by atoms with Gasteiger partial charge in [0.25, 0.3) is 5.56 Å². The Morgan fingerprint density at radius 3 is 2.88 bits per heavy atom. The van der Waals surface area contributed by atoms with Crippen LogP contribution < -0.4 is 10.9 Å². The molecule has 1 aliphatic rings. The molecule has 0 spiro atoms. The van der Waals surface area contributed by atoms with Crippen LogP contribution in [0, 0.1) is 0 Å². The standard InChI is InChI=1S/C20H32N4OS/c1-4-7-11-24-14-22-19-18(20(24)25)16-9-8-15(13-17(16)26-19)21-10-12-23(5-2)6-3/h14-15,21H,4-13H2,1-3H3/t15-/m0/s1. The third-order valence-corrected chi connectivity index (χ3v) is 6.71. The predicted molar refractivity (Wildman–Crippen MR) is 110 cm³/mol. The first-order chi connectivity index (χ1) is 12.7. The summed E-state index contributed by atoms with van der Waals surface area (Å²) in [5.41, 5.74) is 1.43. The number of aromatic nitrogens is 2. The molecule has 0 amide bonds. The number of thiophene rings is 1. The van der Waals surface area contributed by atoms with E-state index >= 15 is 0 Å². The monoisotopic (exact) mass is 376 g/mol. The molecular formula is C20H32N4OS. The van der Waals surface area contributed by atoms with Crippen molar-refractivity contribution in [3.05, 3.63) is 27.1 Å². The van der Waals surface area contributed by atoms with Gasteiger partial charge in [0.15, 0.2) is 0 Å². The summed E-state index contributed by atoms with van der Waals surface area (Å²) in [5.74, 6) is 0. The van der Waals surface area contributed by atoms with Crippen LogP contribution in [0.15, 0.2) is 11.1 Å². The summed E-state index contributed by atoms with van der Waals surface area (Å²) in [5, 5.41) is 4.61. The van der Waals surface area contributed by atoms with Gasteiger partial charge < -0.3 is 10.2 Å². The molecule has 3 rings (SSSR count). The SMILES string of the molecule is CCCCn1cnc2sc3c(c2c1=O)CC[C@H](NCCN(CC)CC)C3. The fourth-order valence-electron chi connectivity index (χ4n) is 3.83. The first kappa shape index (κ1) is 19.5. The summed E-state index contributed by atoms with van der Waals surface area (Å²) < 4.78 is 1.80. The van der Waals surface area contributed by atoms with Gasteiger partial charge in [0.1, 0.15) is 4.83 Å². The highest BCUT2D eigenvalue weighted by atomic mass is 32.1. The van der Waals surface area contributed by atoms with E-state index in [1.807, 2.05) is 0 Å². The van der Waals surface area contributed by atoms with Gasteiger partial charge in [0.05, 0.1) is 11.7 Å². The van der Waals surface area contributed by atoms with Crippen LogP contribution in [0.3, 0.4) is 0 Å². The van der Waals surface area contributed by atoms with Gasteiger partial charge in [-0.05, 0) is 44.3 Å². The molecule has 2 aromatic rings. The Hall–Kier alpha value is -1.24. The van der Waals surface area contributed by atoms with Gasteiger partial charge in [0.2, 0.25) is 0 Å². The van der Waals surface area contributed by atoms with Crippen molar-refractivity contribution in [2.45, 2.75) is 65.5 Å². The molecule has 0 saturated carbocycles. The Kier molecular flexibility index (Phi) is 6.84. The Balaban J connectivity index is 1.71. The van der Waals surface area contributed by atoms with Crippen molar-refractivity contribution in [1.82, 2.24) is 19.8 Å². The molecule has 0 fully saturated rings. The van der Waals surface area contributed by atoms with Gasteiger partial charge in [-0.25, -0.2) is 4.98 Å². The van der Waals surface area contributed by atoms with Gasteiger partial charge in [-0.15, -0.1) is 11.3 Å². The lowest BCUT2D eigenvalue weighted by atomic mass is 9.93. The second-order valence-corrected chi connectivity index (χ2v) is 8.28. The van der Waals surface area contributed by atoms with E-state index in [4.69, 9.17) is 0 Å². The highest BCUT2D eigenvalue weighted by Crippen LogP contribution is 2.33. The van der Waals surface area contributed by atoms with Crippen molar-refractivity contribution >= 4 is 21.6 Å². The quantitative estimate of drug-likeness (QED) is 0.731. The molecule has 0 radical (unpaired) electrons. The van der Waals surface area contributed by atoms with E-state index in [9.17, 15) is 4.79 Å². The van der Waals surface area contributed by atoms with Crippen molar-refractivity contribution in [3.63, 3.8) is 0 Å². The molecular weight excluding hydrogens is 344 g/mol. The summed E-state index contributed by atoms with van der Waals surface area (Å²) in [7, 11) is 0. The van der Waals surface area contributed by atoms with E-state index < -0.39 is 0 Å². The number of rotatable bonds is 9. The van der Waals surface area contributed by atoms with Gasteiger partial charge in [-0.3, -0.25) is 9.36 Å². The molecule has 0 saturated heterocycles. The van der Waals surface area contributed by atoms with Crippen LogP contribution in [0.5, 0.6) is 0 Å². The van der Waals surface area contributed by atoms with Crippen molar-refractivity contribution in [2.75, 3.05) is 26.2 Å². The summed E-state index contributed by atoms with van der Waals surface area (Å²) >= 11 is 1.72. The average molecular weight is 377 g/mol. The van der Waals surface area contributed by atoms with E-state index in [2.05, 4.69) is 36.0 Å². The normalized spacial score (nSPS) is 17.2. The van der Waals surface area contributed by atoms with Crippen molar-refractivity contribution in [1.29, 1.82) is 0 Å². The lowest BCUT2D eigenvalue weighted by Crippen LogP contribution is -2.39. The van der Waals surface area contributed by atoms with Crippen molar-refractivity contribution < 1.29 is 0 Å². The molecule has 144 valence electrons. The predicted octanol–water partition coefficient (Wildman–Crippen LogP) is 3.05. The van der Waals surface area contributed by atoms with Gasteiger partial charge in [-0.2, -0.15) is 0 Å². The molecule has 5 nitrogen and oxygen atoms in total. The molecule has 1 N–H and O–H groups in total. The lowest BCUT2D eigenvalue weighted by molar-refractivity contribution is 0.293. The Labute approximate surface area is 160 Å². The highest BCUT2D eigenvalue weighted by Gasteiger charge is 2.25. The largest absolute Gasteiger partial charge is 0.312 e. The second-order valence-electron chi connectivity index (χ2n) is 7.20. The number of nitrogens with zero attached hydrogens (tertiary/aromatic N) is 3. The number of hydrogen-bond donors (Lipinski definition) is 1. The molecule has 2 aromatic heterocycles. The van der Waals surface area contributed by atoms with Crippen LogP contribution in [-0.2, 0) is 19.4 Å². The number of fused-ring (bicyclic) bond motifs is 3. The van der Waals surface area contributed by atoms with Crippen LogP contribution in [0.25, 0.3) is 10.2 Å². The van der Waals surface area contributed by atoms with Crippen molar-refractivity contribution in [3.8, 4) is 0 Å². The molecule has 0 bridgehead atoms. The van der Waals surface area contributed by atoms with E-state index in [1.165, 1.54) is 10.4 Å². The van der Waals surface area contributed by atoms with E-state index in [1.54, 1.807) is 22.2 Å². The molecule has 0 unspecified atom stereocenters. The fraction of sp³-hybridized carbons (Fsp3) is 0.700. The lowest BCUT2D eigenvalue weighted by Gasteiger charge is -2.25. The van der Waals surface area contributed by atoms with Gasteiger partial charge >= 0.3 is 0 Å². The van der Waals surface area contributed by atoms with E-state index in [-0.39, 0.29) is 5.56 Å². The maximum Gasteiger partial charge on any atom is 0.262 e. The van der Waals surface area contributed by atoms with Gasteiger partial charge in [-0.1, -0.05) is 27.2 Å². The van der Waals surface area contributed by atoms with Crippen LogP contribution in [0.4, 0.5) is 0 Å².